The van der Waals surface area contributed by atoms with Crippen LogP contribution in [0.4, 0.5) is 5.69 Å². The van der Waals surface area contributed by atoms with Gasteiger partial charge in [0.15, 0.2) is 0 Å². The van der Waals surface area contributed by atoms with E-state index in [4.69, 9.17) is 0 Å². The van der Waals surface area contributed by atoms with Gasteiger partial charge < -0.3 is 0 Å². The van der Waals surface area contributed by atoms with Crippen LogP contribution in [0.5, 0.6) is 0 Å². The predicted octanol–water partition coefficient (Wildman–Crippen LogP) is 1.22. The quantitative estimate of drug-likeness (QED) is 0.573. The molecule has 7 heteroatoms. The molecule has 0 saturated carbocycles. The molecule has 0 aliphatic carbocycles. The normalized spacial score (nSPS) is 11.0. The molecule has 0 aliphatic heterocycles. The fraction of sp³-hybridized carbons (Fsp3) is 0.125. The van der Waals surface area contributed by atoms with Crippen LogP contribution in [0.1, 0.15) is 5.56 Å². The molecule has 0 amide bonds. The average molecular weight is 228 g/mol. The first-order valence-electron chi connectivity index (χ1n) is 3.87. The van der Waals surface area contributed by atoms with Crippen molar-refractivity contribution in [3.05, 3.63) is 39.9 Å². The Morgan fingerprint density at radius 2 is 2.20 bits per heavy atom. The highest BCUT2D eigenvalue weighted by molar-refractivity contribution is 7.94. The summed E-state index contributed by atoms with van der Waals surface area (Å²) in [5.41, 5.74) is -0.0142. The van der Waals surface area contributed by atoms with Crippen LogP contribution >= 0.6 is 0 Å². The van der Waals surface area contributed by atoms with Gasteiger partial charge in [-0.1, -0.05) is 6.58 Å². The van der Waals surface area contributed by atoms with E-state index in [0.717, 1.165) is 6.07 Å². The van der Waals surface area contributed by atoms with Crippen molar-refractivity contribution in [2.45, 2.75) is 11.9 Å². The monoisotopic (exact) mass is 228 g/mol. The molecule has 0 saturated heterocycles. The van der Waals surface area contributed by atoms with Gasteiger partial charge in [-0.05, 0) is 12.5 Å². The summed E-state index contributed by atoms with van der Waals surface area (Å²) in [6.07, 6.45) is 1.25. The number of hydrogen-bond acceptors (Lipinski definition) is 5. The topological polar surface area (TPSA) is 90.2 Å². The first-order chi connectivity index (χ1) is 6.88. The highest BCUT2D eigenvalue weighted by atomic mass is 32.2. The van der Waals surface area contributed by atoms with E-state index in [1.165, 1.54) is 6.20 Å². The molecular formula is C8H8N2O4S. The van der Waals surface area contributed by atoms with Crippen LogP contribution in [0, 0.1) is 17.0 Å². The maximum Gasteiger partial charge on any atom is 0.307 e. The maximum absolute atomic E-state index is 11.4. The lowest BCUT2D eigenvalue weighted by Crippen LogP contribution is -2.04. The lowest BCUT2D eigenvalue weighted by Gasteiger charge is -2.00. The zero-order valence-electron chi connectivity index (χ0n) is 7.87. The number of rotatable bonds is 3. The van der Waals surface area contributed by atoms with Crippen LogP contribution in [0.3, 0.4) is 0 Å². The van der Waals surface area contributed by atoms with E-state index in [0.29, 0.717) is 11.0 Å². The first-order valence-corrected chi connectivity index (χ1v) is 5.41. The van der Waals surface area contributed by atoms with Gasteiger partial charge in [0.2, 0.25) is 14.9 Å². The smallest absolute Gasteiger partial charge is 0.258 e. The summed E-state index contributed by atoms with van der Waals surface area (Å²) < 4.78 is 22.7. The number of aryl methyl sites for hydroxylation is 1. The third-order valence-corrected chi connectivity index (χ3v) is 2.95. The van der Waals surface area contributed by atoms with Crippen molar-refractivity contribution in [1.29, 1.82) is 0 Å². The Kier molecular flexibility index (Phi) is 2.85. The van der Waals surface area contributed by atoms with E-state index < -0.39 is 25.5 Å². The van der Waals surface area contributed by atoms with Crippen molar-refractivity contribution in [3.8, 4) is 0 Å². The Hall–Kier alpha value is -1.76. The molecular weight excluding hydrogens is 220 g/mol. The third kappa shape index (κ3) is 2.18. The van der Waals surface area contributed by atoms with Crippen LogP contribution in [0.15, 0.2) is 29.3 Å². The van der Waals surface area contributed by atoms with Crippen molar-refractivity contribution in [1.82, 2.24) is 4.98 Å². The summed E-state index contributed by atoms with van der Waals surface area (Å²) in [6, 6.07) is 1.16. The Bertz CT molecular complexity index is 521. The van der Waals surface area contributed by atoms with E-state index in [1.807, 2.05) is 0 Å². The van der Waals surface area contributed by atoms with Gasteiger partial charge in [-0.3, -0.25) is 10.1 Å². The Morgan fingerprint density at radius 3 is 2.67 bits per heavy atom. The summed E-state index contributed by atoms with van der Waals surface area (Å²) in [6.45, 7) is 4.67. The molecule has 0 unspecified atom stereocenters. The van der Waals surface area contributed by atoms with Crippen molar-refractivity contribution >= 4 is 15.5 Å². The van der Waals surface area contributed by atoms with Gasteiger partial charge in [0, 0.05) is 17.7 Å². The predicted molar refractivity (Wildman–Crippen MR) is 53.0 cm³/mol. The minimum Gasteiger partial charge on any atom is -0.258 e. The van der Waals surface area contributed by atoms with Crippen LogP contribution in [0.2, 0.25) is 0 Å². The fourth-order valence-corrected chi connectivity index (χ4v) is 1.75. The summed E-state index contributed by atoms with van der Waals surface area (Å²) in [5.74, 6) is 0. The van der Waals surface area contributed by atoms with Crippen LogP contribution < -0.4 is 0 Å². The Labute approximate surface area is 86.3 Å². The molecule has 0 atom stereocenters. The van der Waals surface area contributed by atoms with Gasteiger partial charge >= 0.3 is 5.69 Å². The number of hydrogen-bond donors (Lipinski definition) is 0. The number of pyridine rings is 1. The second-order valence-electron chi connectivity index (χ2n) is 2.81. The molecule has 0 aromatic carbocycles. The van der Waals surface area contributed by atoms with Gasteiger partial charge in [-0.25, -0.2) is 13.4 Å². The van der Waals surface area contributed by atoms with E-state index in [2.05, 4.69) is 11.6 Å². The van der Waals surface area contributed by atoms with E-state index in [-0.39, 0.29) is 0 Å². The standard InChI is InChI=1S/C8H8N2O4S/c1-3-15(13,14)8-7(10(11)12)4-6(2)5-9-8/h3-5H,1H2,2H3. The van der Waals surface area contributed by atoms with Gasteiger partial charge in [0.25, 0.3) is 0 Å². The van der Waals surface area contributed by atoms with Gasteiger partial charge in [0.1, 0.15) is 0 Å². The largest absolute Gasteiger partial charge is 0.307 e. The highest BCUT2D eigenvalue weighted by Gasteiger charge is 2.25. The number of nitrogens with zero attached hydrogens (tertiary/aromatic N) is 2. The van der Waals surface area contributed by atoms with Gasteiger partial charge in [-0.15, -0.1) is 0 Å². The van der Waals surface area contributed by atoms with Crippen LogP contribution in [-0.4, -0.2) is 18.3 Å². The summed E-state index contributed by atoms with van der Waals surface area (Å²) in [7, 11) is -3.88. The zero-order valence-corrected chi connectivity index (χ0v) is 8.69. The van der Waals surface area contributed by atoms with Crippen LogP contribution in [0.25, 0.3) is 0 Å². The summed E-state index contributed by atoms with van der Waals surface area (Å²) >= 11 is 0. The Balaban J connectivity index is 3.56. The maximum atomic E-state index is 11.4. The number of sulfone groups is 1. The second kappa shape index (κ2) is 3.77. The van der Waals surface area contributed by atoms with E-state index in [1.54, 1.807) is 6.92 Å². The lowest BCUT2D eigenvalue weighted by atomic mass is 10.3. The molecule has 0 fully saturated rings. The fourth-order valence-electron chi connectivity index (χ4n) is 0.970. The zero-order chi connectivity index (χ0) is 11.6. The number of nitro groups is 1. The Morgan fingerprint density at radius 1 is 1.60 bits per heavy atom. The highest BCUT2D eigenvalue weighted by Crippen LogP contribution is 2.23. The van der Waals surface area contributed by atoms with Gasteiger partial charge in [-0.2, -0.15) is 0 Å². The second-order valence-corrected chi connectivity index (χ2v) is 4.62. The average Bonchev–Trinajstić information content (AvgIpc) is 2.17. The molecule has 0 bridgehead atoms. The van der Waals surface area contributed by atoms with E-state index >= 15 is 0 Å². The molecule has 0 radical (unpaired) electrons. The molecule has 1 aromatic heterocycles. The van der Waals surface area contributed by atoms with Crippen LogP contribution in [-0.2, 0) is 9.84 Å². The SMILES string of the molecule is C=CS(=O)(=O)c1ncc(C)cc1[N+](=O)[O-]. The molecule has 0 aliphatic rings. The molecule has 0 N–H and O–H groups in total. The van der Waals surface area contributed by atoms with Crippen molar-refractivity contribution in [2.24, 2.45) is 0 Å². The minimum absolute atomic E-state index is 0.518. The summed E-state index contributed by atoms with van der Waals surface area (Å²) in [4.78, 5) is 13.4. The minimum atomic E-state index is -3.88. The molecule has 6 nitrogen and oxygen atoms in total. The third-order valence-electron chi connectivity index (χ3n) is 1.65. The molecule has 80 valence electrons. The molecule has 1 heterocycles. The molecule has 15 heavy (non-hydrogen) atoms. The van der Waals surface area contributed by atoms with Gasteiger partial charge in [0.05, 0.1) is 4.92 Å². The number of aromatic nitrogens is 1. The van der Waals surface area contributed by atoms with Crippen molar-refractivity contribution < 1.29 is 13.3 Å². The summed E-state index contributed by atoms with van der Waals surface area (Å²) in [5, 5.41) is 10.7. The van der Waals surface area contributed by atoms with Crippen molar-refractivity contribution in [3.63, 3.8) is 0 Å². The molecule has 1 rings (SSSR count). The lowest BCUT2D eigenvalue weighted by molar-refractivity contribution is -0.388. The van der Waals surface area contributed by atoms with Crippen molar-refractivity contribution in [2.75, 3.05) is 0 Å². The van der Waals surface area contributed by atoms with E-state index in [9.17, 15) is 18.5 Å². The first kappa shape index (κ1) is 11.3. The molecule has 1 aromatic rings. The molecule has 0 spiro atoms.